The number of aliphatic hydroxyl groups excluding tert-OH is 1. The molecule has 1 heterocycles. The minimum Gasteiger partial charge on any atom is -0.393 e. The van der Waals surface area contributed by atoms with Crippen LogP contribution < -0.4 is 0 Å². The van der Waals surface area contributed by atoms with Crippen LogP contribution in [-0.2, 0) is 0 Å². The molecule has 1 N–H and O–H groups in total. The molecule has 1 aliphatic heterocycles. The summed E-state index contributed by atoms with van der Waals surface area (Å²) in [7, 11) is 0. The van der Waals surface area contributed by atoms with Gasteiger partial charge in [0.2, 0.25) is 0 Å². The Hall–Kier alpha value is 0.270. The molecule has 0 aliphatic carbocycles. The molecule has 0 radical (unpaired) electrons. The third-order valence-corrected chi connectivity index (χ3v) is 4.52. The summed E-state index contributed by atoms with van der Waals surface area (Å²) in [5.74, 6) is 1.22. The number of nitrogens with zero attached hydrogens (tertiary/aromatic N) is 1. The van der Waals surface area contributed by atoms with Crippen molar-refractivity contribution >= 4 is 11.8 Å². The summed E-state index contributed by atoms with van der Waals surface area (Å²) in [5, 5.41) is 10.0. The summed E-state index contributed by atoms with van der Waals surface area (Å²) in [6.07, 6.45) is 0.703. The van der Waals surface area contributed by atoms with Crippen LogP contribution in [0.2, 0.25) is 0 Å². The molecule has 0 aromatic rings. The smallest absolute Gasteiger partial charge is 0.0600 e. The molecule has 1 fully saturated rings. The van der Waals surface area contributed by atoms with Gasteiger partial charge in [-0.15, -0.1) is 0 Å². The van der Waals surface area contributed by atoms with Crippen molar-refractivity contribution in [2.45, 2.75) is 51.9 Å². The molecule has 1 aliphatic rings. The fourth-order valence-electron chi connectivity index (χ4n) is 2.04. The van der Waals surface area contributed by atoms with Gasteiger partial charge in [0, 0.05) is 30.1 Å². The van der Waals surface area contributed by atoms with Gasteiger partial charge in [-0.2, -0.15) is 11.8 Å². The van der Waals surface area contributed by atoms with Crippen LogP contribution in [0, 0.1) is 5.41 Å². The highest BCUT2D eigenvalue weighted by Crippen LogP contribution is 2.30. The lowest BCUT2D eigenvalue weighted by Gasteiger charge is -2.38. The van der Waals surface area contributed by atoms with Crippen LogP contribution in [0.5, 0.6) is 0 Å². The van der Waals surface area contributed by atoms with Crippen molar-refractivity contribution in [1.82, 2.24) is 4.90 Å². The first-order valence-corrected chi connectivity index (χ1v) is 7.24. The van der Waals surface area contributed by atoms with E-state index < -0.39 is 0 Å². The molecular formula is C13H27NOS. The highest BCUT2D eigenvalue weighted by Gasteiger charge is 2.28. The Balaban J connectivity index is 2.33. The lowest BCUT2D eigenvalue weighted by Crippen LogP contribution is -2.44. The summed E-state index contributed by atoms with van der Waals surface area (Å²) in [5.41, 5.74) is 0.0139. The van der Waals surface area contributed by atoms with Crippen LogP contribution in [0.3, 0.4) is 0 Å². The lowest BCUT2D eigenvalue weighted by atomic mass is 9.87. The third kappa shape index (κ3) is 4.64. The fourth-order valence-corrected chi connectivity index (χ4v) is 3.22. The molecular weight excluding hydrogens is 218 g/mol. The quantitative estimate of drug-likeness (QED) is 0.827. The van der Waals surface area contributed by atoms with E-state index in [-0.39, 0.29) is 11.5 Å². The predicted octanol–water partition coefficient (Wildman–Crippen LogP) is 2.61. The maximum absolute atomic E-state index is 10.0. The first kappa shape index (κ1) is 14.3. The van der Waals surface area contributed by atoms with Crippen molar-refractivity contribution in [3.8, 4) is 0 Å². The molecule has 0 amide bonds. The van der Waals surface area contributed by atoms with E-state index in [1.165, 1.54) is 12.3 Å². The average molecular weight is 245 g/mol. The van der Waals surface area contributed by atoms with Crippen LogP contribution in [-0.4, -0.2) is 46.2 Å². The summed E-state index contributed by atoms with van der Waals surface area (Å²) in [4.78, 5) is 2.49. The van der Waals surface area contributed by atoms with Crippen molar-refractivity contribution in [2.24, 2.45) is 5.41 Å². The fraction of sp³-hybridized carbons (Fsp3) is 1.00. The molecule has 0 aromatic carbocycles. The first-order valence-electron chi connectivity index (χ1n) is 6.25. The molecule has 1 saturated heterocycles. The minimum atomic E-state index is -0.190. The van der Waals surface area contributed by atoms with Gasteiger partial charge in [0.25, 0.3) is 0 Å². The van der Waals surface area contributed by atoms with E-state index in [4.69, 9.17) is 0 Å². The van der Waals surface area contributed by atoms with Crippen molar-refractivity contribution in [2.75, 3.05) is 25.4 Å². The second kappa shape index (κ2) is 5.28. The maximum Gasteiger partial charge on any atom is 0.0600 e. The highest BCUT2D eigenvalue weighted by atomic mass is 32.2. The molecule has 0 saturated carbocycles. The minimum absolute atomic E-state index is 0.0139. The van der Waals surface area contributed by atoms with Gasteiger partial charge in [0.15, 0.2) is 0 Å². The third-order valence-electron chi connectivity index (χ3n) is 3.22. The van der Waals surface area contributed by atoms with Crippen LogP contribution >= 0.6 is 11.8 Å². The van der Waals surface area contributed by atoms with Crippen LogP contribution in [0.1, 0.15) is 41.0 Å². The molecule has 1 rings (SSSR count). The van der Waals surface area contributed by atoms with E-state index in [0.29, 0.717) is 4.75 Å². The largest absolute Gasteiger partial charge is 0.393 e. The van der Waals surface area contributed by atoms with Gasteiger partial charge < -0.3 is 10.0 Å². The summed E-state index contributed by atoms with van der Waals surface area (Å²) >= 11 is 2.06. The predicted molar refractivity (Wildman–Crippen MR) is 73.1 cm³/mol. The van der Waals surface area contributed by atoms with Gasteiger partial charge in [-0.05, 0) is 25.7 Å². The molecule has 0 spiro atoms. The van der Waals surface area contributed by atoms with Gasteiger partial charge in [-0.25, -0.2) is 0 Å². The van der Waals surface area contributed by atoms with Gasteiger partial charge in [0.1, 0.15) is 0 Å². The highest BCUT2D eigenvalue weighted by molar-refractivity contribution is 8.00. The van der Waals surface area contributed by atoms with E-state index in [9.17, 15) is 5.11 Å². The molecule has 16 heavy (non-hydrogen) atoms. The van der Waals surface area contributed by atoms with Crippen molar-refractivity contribution in [3.05, 3.63) is 0 Å². The zero-order valence-corrected chi connectivity index (χ0v) is 12.2. The summed E-state index contributed by atoms with van der Waals surface area (Å²) < 4.78 is 0.380. The van der Waals surface area contributed by atoms with E-state index in [1.807, 2.05) is 0 Å². The Morgan fingerprint density at radius 2 is 2.00 bits per heavy atom. The monoisotopic (exact) mass is 245 g/mol. The SMILES string of the molecule is CC1(C)CN(CCC(O)C(C)(C)C)CCS1. The lowest BCUT2D eigenvalue weighted by molar-refractivity contribution is 0.0451. The molecule has 3 heteroatoms. The standard InChI is InChI=1S/C13H27NOS/c1-12(2,3)11(15)6-7-14-8-9-16-13(4,5)10-14/h11,15H,6-10H2,1-5H3. The second-order valence-electron chi connectivity index (χ2n) is 6.55. The molecule has 0 bridgehead atoms. The number of hydrogen-bond donors (Lipinski definition) is 1. The molecule has 96 valence electrons. The number of hydrogen-bond acceptors (Lipinski definition) is 3. The molecule has 1 unspecified atom stereocenters. The Morgan fingerprint density at radius 1 is 1.38 bits per heavy atom. The van der Waals surface area contributed by atoms with Crippen LogP contribution in [0.4, 0.5) is 0 Å². The second-order valence-corrected chi connectivity index (χ2v) is 8.36. The Morgan fingerprint density at radius 3 is 2.50 bits per heavy atom. The average Bonchev–Trinajstić information content (AvgIpc) is 2.11. The van der Waals surface area contributed by atoms with Crippen LogP contribution in [0.15, 0.2) is 0 Å². The summed E-state index contributed by atoms with van der Waals surface area (Å²) in [6.45, 7) is 14.3. The maximum atomic E-state index is 10.0. The van der Waals surface area contributed by atoms with E-state index in [0.717, 1.165) is 19.5 Å². The zero-order chi connectivity index (χ0) is 12.4. The van der Waals surface area contributed by atoms with Crippen LogP contribution in [0.25, 0.3) is 0 Å². The van der Waals surface area contributed by atoms with Crippen molar-refractivity contribution < 1.29 is 5.11 Å². The molecule has 1 atom stereocenters. The van der Waals surface area contributed by atoms with Gasteiger partial charge in [-0.1, -0.05) is 20.8 Å². The van der Waals surface area contributed by atoms with E-state index in [2.05, 4.69) is 51.3 Å². The molecule has 2 nitrogen and oxygen atoms in total. The topological polar surface area (TPSA) is 23.5 Å². The van der Waals surface area contributed by atoms with Gasteiger partial charge in [-0.3, -0.25) is 0 Å². The number of rotatable bonds is 3. The van der Waals surface area contributed by atoms with Gasteiger partial charge in [0.05, 0.1) is 6.10 Å². The number of aliphatic hydroxyl groups is 1. The van der Waals surface area contributed by atoms with Crippen molar-refractivity contribution in [3.63, 3.8) is 0 Å². The zero-order valence-electron chi connectivity index (χ0n) is 11.4. The normalized spacial score (nSPS) is 24.4. The first-order chi connectivity index (χ1) is 7.21. The van der Waals surface area contributed by atoms with Gasteiger partial charge >= 0.3 is 0 Å². The van der Waals surface area contributed by atoms with E-state index >= 15 is 0 Å². The van der Waals surface area contributed by atoms with Crippen molar-refractivity contribution in [1.29, 1.82) is 0 Å². The number of thioether (sulfide) groups is 1. The summed E-state index contributed by atoms with van der Waals surface area (Å²) in [6, 6.07) is 0. The van der Waals surface area contributed by atoms with E-state index in [1.54, 1.807) is 0 Å². The Kier molecular flexibility index (Phi) is 4.73. The molecule has 0 aromatic heterocycles. The Labute approximate surface area is 105 Å². The Bertz CT molecular complexity index is 222.